The topological polar surface area (TPSA) is 79.9 Å². The molecule has 0 saturated carbocycles. The molecule has 160 valence electrons. The maximum atomic E-state index is 13.3. The van der Waals surface area contributed by atoms with Gasteiger partial charge in [0.05, 0.1) is 0 Å². The summed E-state index contributed by atoms with van der Waals surface area (Å²) in [5.74, 6) is 0.664. The van der Waals surface area contributed by atoms with Crippen LogP contribution in [0.15, 0.2) is 46.2 Å². The molecule has 9 heteroatoms. The number of sulfonamides is 1. The van der Waals surface area contributed by atoms with Crippen LogP contribution in [0.2, 0.25) is 0 Å². The van der Waals surface area contributed by atoms with Crippen LogP contribution >= 0.6 is 0 Å². The number of para-hydroxylation sites is 1. The number of rotatable bonds is 5. The van der Waals surface area contributed by atoms with E-state index in [0.29, 0.717) is 50.5 Å². The Labute approximate surface area is 176 Å². The van der Waals surface area contributed by atoms with Gasteiger partial charge in [0, 0.05) is 51.0 Å². The van der Waals surface area contributed by atoms with E-state index in [4.69, 9.17) is 0 Å². The van der Waals surface area contributed by atoms with Crippen LogP contribution in [-0.2, 0) is 23.0 Å². The van der Waals surface area contributed by atoms with Crippen molar-refractivity contribution in [2.24, 2.45) is 0 Å². The summed E-state index contributed by atoms with van der Waals surface area (Å²) in [6, 6.07) is 9.62. The molecule has 8 nitrogen and oxygen atoms in total. The van der Waals surface area contributed by atoms with E-state index in [2.05, 4.69) is 29.1 Å². The molecular weight excluding hydrogens is 402 g/mol. The van der Waals surface area contributed by atoms with E-state index in [9.17, 15) is 13.2 Å². The molecule has 3 heterocycles. The van der Waals surface area contributed by atoms with E-state index in [-0.39, 0.29) is 10.5 Å². The first-order valence-corrected chi connectivity index (χ1v) is 11.7. The van der Waals surface area contributed by atoms with E-state index in [0.717, 1.165) is 5.69 Å². The first kappa shape index (κ1) is 20.6. The fraction of sp³-hybridized carbons (Fsp3) is 0.429. The van der Waals surface area contributed by atoms with Crippen molar-refractivity contribution in [2.45, 2.75) is 38.6 Å². The van der Waals surface area contributed by atoms with Gasteiger partial charge in [-0.1, -0.05) is 25.1 Å². The Morgan fingerprint density at radius 2 is 1.77 bits per heavy atom. The van der Waals surface area contributed by atoms with E-state index < -0.39 is 10.0 Å². The number of aromatic nitrogens is 3. The lowest BCUT2D eigenvalue weighted by atomic mass is 10.1. The van der Waals surface area contributed by atoms with Gasteiger partial charge in [-0.2, -0.15) is 9.40 Å². The van der Waals surface area contributed by atoms with Crippen LogP contribution in [0.25, 0.3) is 5.52 Å². The Kier molecular flexibility index (Phi) is 5.42. The number of anilines is 1. The van der Waals surface area contributed by atoms with Crippen LogP contribution in [0.3, 0.4) is 0 Å². The summed E-state index contributed by atoms with van der Waals surface area (Å²) < 4.78 is 31.1. The van der Waals surface area contributed by atoms with Crippen molar-refractivity contribution in [1.82, 2.24) is 18.5 Å². The number of hydrogen-bond acceptors (Lipinski definition) is 5. The highest BCUT2D eigenvalue weighted by molar-refractivity contribution is 7.89. The van der Waals surface area contributed by atoms with Crippen molar-refractivity contribution in [1.29, 1.82) is 0 Å². The summed E-state index contributed by atoms with van der Waals surface area (Å²) in [6.45, 7) is 8.35. The molecule has 3 aromatic rings. The van der Waals surface area contributed by atoms with Gasteiger partial charge in [-0.3, -0.25) is 9.20 Å². The van der Waals surface area contributed by atoms with Gasteiger partial charge in [0.25, 0.3) is 5.56 Å². The van der Waals surface area contributed by atoms with Gasteiger partial charge in [-0.05, 0) is 31.5 Å². The predicted octanol–water partition coefficient (Wildman–Crippen LogP) is 1.90. The lowest BCUT2D eigenvalue weighted by molar-refractivity contribution is 0.385. The summed E-state index contributed by atoms with van der Waals surface area (Å²) in [5.41, 5.74) is 2.39. The third-order valence-electron chi connectivity index (χ3n) is 5.71. The monoisotopic (exact) mass is 429 g/mol. The largest absolute Gasteiger partial charge is 0.369 e. The van der Waals surface area contributed by atoms with Crippen molar-refractivity contribution in [3.8, 4) is 0 Å². The standard InChI is InChI=1S/C21H27N5O3S/c1-4-20-22-26(5-2)21(27)19-14-17(15-25(19)20)30(28,29)24-12-10-23(11-13-24)18-9-7-6-8-16(18)3/h6-9,14-15H,4-5,10-13H2,1-3H3. The Morgan fingerprint density at radius 3 is 2.40 bits per heavy atom. The van der Waals surface area contributed by atoms with Gasteiger partial charge in [-0.25, -0.2) is 13.1 Å². The minimum atomic E-state index is -3.69. The van der Waals surface area contributed by atoms with Crippen LogP contribution in [-0.4, -0.2) is 53.1 Å². The minimum absolute atomic E-state index is 0.147. The molecule has 1 aliphatic heterocycles. The summed E-state index contributed by atoms with van der Waals surface area (Å²) in [6.07, 6.45) is 2.13. The highest BCUT2D eigenvalue weighted by Gasteiger charge is 2.30. The summed E-state index contributed by atoms with van der Waals surface area (Å²) >= 11 is 0. The van der Waals surface area contributed by atoms with Gasteiger partial charge >= 0.3 is 0 Å². The van der Waals surface area contributed by atoms with Gasteiger partial charge in [0.1, 0.15) is 16.2 Å². The fourth-order valence-corrected chi connectivity index (χ4v) is 5.46. The lowest BCUT2D eigenvalue weighted by Gasteiger charge is -2.35. The molecule has 0 amide bonds. The first-order valence-electron chi connectivity index (χ1n) is 10.3. The Hall–Kier alpha value is -2.65. The summed E-state index contributed by atoms with van der Waals surface area (Å²) in [5, 5.41) is 4.35. The van der Waals surface area contributed by atoms with E-state index in [1.807, 2.05) is 26.0 Å². The molecule has 1 saturated heterocycles. The van der Waals surface area contributed by atoms with Crippen molar-refractivity contribution < 1.29 is 8.42 Å². The van der Waals surface area contributed by atoms with Crippen LogP contribution in [0.5, 0.6) is 0 Å². The molecule has 0 unspecified atom stereocenters. The van der Waals surface area contributed by atoms with Crippen LogP contribution in [0.4, 0.5) is 5.69 Å². The molecule has 0 N–H and O–H groups in total. The summed E-state index contributed by atoms with van der Waals surface area (Å²) in [7, 11) is -3.69. The van der Waals surface area contributed by atoms with E-state index >= 15 is 0 Å². The number of benzene rings is 1. The normalized spacial score (nSPS) is 15.8. The Balaban J connectivity index is 1.63. The maximum Gasteiger partial charge on any atom is 0.291 e. The second-order valence-electron chi connectivity index (χ2n) is 7.50. The highest BCUT2D eigenvalue weighted by Crippen LogP contribution is 2.24. The predicted molar refractivity (Wildman–Crippen MR) is 117 cm³/mol. The SMILES string of the molecule is CCc1nn(CC)c(=O)c2cc(S(=O)(=O)N3CCN(c4ccccc4C)CC3)cn12. The highest BCUT2D eigenvalue weighted by atomic mass is 32.2. The van der Waals surface area contributed by atoms with E-state index in [1.165, 1.54) is 26.8 Å². The number of piperazine rings is 1. The second kappa shape index (κ2) is 7.88. The van der Waals surface area contributed by atoms with Gasteiger partial charge in [-0.15, -0.1) is 0 Å². The lowest BCUT2D eigenvalue weighted by Crippen LogP contribution is -2.48. The average molecular weight is 430 g/mol. The fourth-order valence-electron chi connectivity index (χ4n) is 4.01. The Bertz CT molecular complexity index is 1240. The number of hydrogen-bond donors (Lipinski definition) is 0. The molecule has 2 aromatic heterocycles. The Morgan fingerprint density at radius 1 is 1.07 bits per heavy atom. The molecule has 0 atom stereocenters. The smallest absolute Gasteiger partial charge is 0.291 e. The van der Waals surface area contributed by atoms with Crippen molar-refractivity contribution in [2.75, 3.05) is 31.1 Å². The second-order valence-corrected chi connectivity index (χ2v) is 9.44. The molecule has 1 aromatic carbocycles. The first-order chi connectivity index (χ1) is 14.4. The zero-order chi connectivity index (χ0) is 21.5. The average Bonchev–Trinajstić information content (AvgIpc) is 3.22. The third-order valence-corrected chi connectivity index (χ3v) is 7.57. The van der Waals surface area contributed by atoms with Crippen molar-refractivity contribution in [3.05, 3.63) is 58.3 Å². The molecule has 1 aliphatic rings. The van der Waals surface area contributed by atoms with Gasteiger partial charge < -0.3 is 4.90 Å². The minimum Gasteiger partial charge on any atom is -0.369 e. The van der Waals surface area contributed by atoms with Crippen LogP contribution in [0, 0.1) is 6.92 Å². The zero-order valence-corrected chi connectivity index (χ0v) is 18.4. The third kappa shape index (κ3) is 3.41. The van der Waals surface area contributed by atoms with Crippen molar-refractivity contribution >= 4 is 21.2 Å². The quantitative estimate of drug-likeness (QED) is 0.619. The number of aryl methyl sites for hydroxylation is 3. The molecule has 0 spiro atoms. The molecule has 30 heavy (non-hydrogen) atoms. The number of fused-ring (bicyclic) bond motifs is 1. The molecule has 0 aliphatic carbocycles. The molecule has 4 rings (SSSR count). The molecular formula is C21H27N5O3S. The van der Waals surface area contributed by atoms with Crippen molar-refractivity contribution in [3.63, 3.8) is 0 Å². The van der Waals surface area contributed by atoms with Crippen LogP contribution < -0.4 is 10.5 Å². The van der Waals surface area contributed by atoms with Gasteiger partial charge in [0.2, 0.25) is 10.0 Å². The maximum absolute atomic E-state index is 13.3. The van der Waals surface area contributed by atoms with Crippen LogP contribution in [0.1, 0.15) is 25.2 Å². The zero-order valence-electron chi connectivity index (χ0n) is 17.6. The molecule has 0 radical (unpaired) electrons. The van der Waals surface area contributed by atoms with Gasteiger partial charge in [0.15, 0.2) is 0 Å². The van der Waals surface area contributed by atoms with E-state index in [1.54, 1.807) is 4.40 Å². The molecule has 0 bridgehead atoms. The molecule has 1 fully saturated rings. The number of nitrogens with zero attached hydrogens (tertiary/aromatic N) is 5. The summed E-state index contributed by atoms with van der Waals surface area (Å²) in [4.78, 5) is 15.0.